The van der Waals surface area contributed by atoms with Gasteiger partial charge in [-0.15, -0.1) is 0 Å². The van der Waals surface area contributed by atoms with Crippen molar-refractivity contribution in [3.63, 3.8) is 0 Å². The first kappa shape index (κ1) is 7.92. The van der Waals surface area contributed by atoms with Crippen LogP contribution >= 0.6 is 0 Å². The van der Waals surface area contributed by atoms with Crippen molar-refractivity contribution >= 4 is 7.27 Å². The van der Waals surface area contributed by atoms with Crippen LogP contribution in [0.4, 0.5) is 8.63 Å². The Labute approximate surface area is 49.5 Å². The minimum Gasteiger partial charge on any atom is -0.287 e. The molecule has 0 aliphatic heterocycles. The van der Waals surface area contributed by atoms with Crippen molar-refractivity contribution in [2.75, 3.05) is 0 Å². The van der Waals surface area contributed by atoms with Crippen LogP contribution in [0, 0.1) is 5.92 Å². The van der Waals surface area contributed by atoms with E-state index in [1.165, 1.54) is 0 Å². The van der Waals surface area contributed by atoms with Crippen molar-refractivity contribution in [2.24, 2.45) is 5.92 Å². The molecule has 0 saturated carbocycles. The summed E-state index contributed by atoms with van der Waals surface area (Å²) in [5, 5.41) is 0. The number of halogens is 2. The van der Waals surface area contributed by atoms with Gasteiger partial charge in [-0.05, 0) is 12.2 Å². The number of hydrogen-bond acceptors (Lipinski definition) is 0. The molecule has 0 saturated heterocycles. The highest BCUT2D eigenvalue weighted by Gasteiger charge is 2.11. The lowest BCUT2D eigenvalue weighted by Crippen LogP contribution is -1.97. The van der Waals surface area contributed by atoms with E-state index in [0.29, 0.717) is 12.3 Å². The molecule has 0 N–H and O–H groups in total. The van der Waals surface area contributed by atoms with Crippen LogP contribution in [-0.4, -0.2) is 7.27 Å². The molecule has 3 heteroatoms. The summed E-state index contributed by atoms with van der Waals surface area (Å²) in [5.41, 5.74) is 0. The van der Waals surface area contributed by atoms with Crippen LogP contribution in [0.2, 0.25) is 6.32 Å². The Bertz CT molecular complexity index is 46.4. The van der Waals surface area contributed by atoms with Gasteiger partial charge < -0.3 is 0 Å². The molecule has 0 aromatic carbocycles. The molecule has 0 bridgehead atoms. The van der Waals surface area contributed by atoms with Gasteiger partial charge in [0.05, 0.1) is 0 Å². The van der Waals surface area contributed by atoms with Crippen molar-refractivity contribution in [2.45, 2.75) is 26.6 Å². The fourth-order valence-corrected chi connectivity index (χ4v) is 0.459. The lowest BCUT2D eigenvalue weighted by atomic mass is 9.87. The van der Waals surface area contributed by atoms with E-state index < -0.39 is 7.27 Å². The molecule has 48 valence electrons. The third-order valence-corrected chi connectivity index (χ3v) is 0.962. The van der Waals surface area contributed by atoms with Gasteiger partial charge in [0, 0.05) is 0 Å². The quantitative estimate of drug-likeness (QED) is 0.501. The molecule has 0 unspecified atom stereocenters. The zero-order valence-electron chi connectivity index (χ0n) is 5.32. The van der Waals surface area contributed by atoms with Gasteiger partial charge in [0.25, 0.3) is 0 Å². The zero-order valence-corrected chi connectivity index (χ0v) is 5.32. The molecule has 0 aliphatic carbocycles. The Morgan fingerprint density at radius 2 is 1.88 bits per heavy atom. The highest BCUT2D eigenvalue weighted by atomic mass is 19.2. The zero-order chi connectivity index (χ0) is 6.57. The molecule has 0 amide bonds. The SMILES string of the molecule is CC(C)CCB(F)F. The summed E-state index contributed by atoms with van der Waals surface area (Å²) in [6, 6.07) is 0. The van der Waals surface area contributed by atoms with E-state index in [9.17, 15) is 8.63 Å². The molecule has 8 heavy (non-hydrogen) atoms. The Morgan fingerprint density at radius 3 is 2.00 bits per heavy atom. The van der Waals surface area contributed by atoms with Crippen molar-refractivity contribution in [1.29, 1.82) is 0 Å². The van der Waals surface area contributed by atoms with Crippen LogP contribution < -0.4 is 0 Å². The van der Waals surface area contributed by atoms with Gasteiger partial charge in [0.2, 0.25) is 0 Å². The van der Waals surface area contributed by atoms with E-state index in [1.54, 1.807) is 0 Å². The topological polar surface area (TPSA) is 0 Å². The normalized spacial score (nSPS) is 10.1. The van der Waals surface area contributed by atoms with Gasteiger partial charge in [-0.2, -0.15) is 0 Å². The molecule has 0 aromatic rings. The summed E-state index contributed by atoms with van der Waals surface area (Å²) in [6.45, 7) is 3.89. The maximum absolute atomic E-state index is 11.4. The second-order valence-corrected chi connectivity index (χ2v) is 2.36. The first-order valence-electron chi connectivity index (χ1n) is 2.91. The average Bonchev–Trinajstić information content (AvgIpc) is 1.61. The monoisotopic (exact) mass is 120 g/mol. The average molecular weight is 120 g/mol. The second-order valence-electron chi connectivity index (χ2n) is 2.36. The summed E-state index contributed by atoms with van der Waals surface area (Å²) in [6.07, 6.45) is 0.690. The third-order valence-electron chi connectivity index (χ3n) is 0.962. The number of rotatable bonds is 3. The molecule has 0 spiro atoms. The van der Waals surface area contributed by atoms with Gasteiger partial charge in [0.1, 0.15) is 0 Å². The first-order valence-corrected chi connectivity index (χ1v) is 2.91. The van der Waals surface area contributed by atoms with E-state index in [1.807, 2.05) is 13.8 Å². The maximum Gasteiger partial charge on any atom is 0.538 e. The Hall–Kier alpha value is -0.0751. The first-order chi connectivity index (χ1) is 3.63. The van der Waals surface area contributed by atoms with E-state index in [-0.39, 0.29) is 6.32 Å². The highest BCUT2D eigenvalue weighted by Crippen LogP contribution is 2.07. The second kappa shape index (κ2) is 3.87. The van der Waals surface area contributed by atoms with Gasteiger partial charge in [-0.1, -0.05) is 20.3 Å². The Kier molecular flexibility index (Phi) is 3.83. The van der Waals surface area contributed by atoms with E-state index in [0.717, 1.165) is 0 Å². The molecule has 0 radical (unpaired) electrons. The van der Waals surface area contributed by atoms with Crippen LogP contribution in [0.15, 0.2) is 0 Å². The molecule has 0 aliphatic rings. The van der Waals surface area contributed by atoms with Crippen LogP contribution in [0.3, 0.4) is 0 Å². The Morgan fingerprint density at radius 1 is 1.38 bits per heavy atom. The standard InChI is InChI=1S/C5H11BF2/c1-5(2)3-4-6(7)8/h5H,3-4H2,1-2H3. The largest absolute Gasteiger partial charge is 0.538 e. The molecule has 0 aromatic heterocycles. The summed E-state index contributed by atoms with van der Waals surface area (Å²) >= 11 is 0. The summed E-state index contributed by atoms with van der Waals surface area (Å²) < 4.78 is 22.8. The van der Waals surface area contributed by atoms with Gasteiger partial charge >= 0.3 is 7.27 Å². The molecular formula is C5H11BF2. The molecular weight excluding hydrogens is 109 g/mol. The van der Waals surface area contributed by atoms with E-state index in [4.69, 9.17) is 0 Å². The predicted octanol–water partition coefficient (Wildman–Crippen LogP) is 2.46. The van der Waals surface area contributed by atoms with Gasteiger partial charge in [-0.25, -0.2) is 0 Å². The molecule has 0 nitrogen and oxygen atoms in total. The summed E-state index contributed by atoms with van der Waals surface area (Å²) in [7, 11) is -2.11. The highest BCUT2D eigenvalue weighted by molar-refractivity contribution is 6.42. The lowest BCUT2D eigenvalue weighted by molar-refractivity contribution is 0.576. The van der Waals surface area contributed by atoms with Gasteiger partial charge in [0.15, 0.2) is 0 Å². The van der Waals surface area contributed by atoms with Crippen molar-refractivity contribution in [3.05, 3.63) is 0 Å². The van der Waals surface area contributed by atoms with Crippen molar-refractivity contribution in [1.82, 2.24) is 0 Å². The van der Waals surface area contributed by atoms with E-state index >= 15 is 0 Å². The summed E-state index contributed by atoms with van der Waals surface area (Å²) in [4.78, 5) is 0. The Balaban J connectivity index is 2.93. The number of hydrogen-bond donors (Lipinski definition) is 0. The molecule has 0 atom stereocenters. The maximum atomic E-state index is 11.4. The minimum atomic E-state index is -2.11. The third kappa shape index (κ3) is 5.92. The molecule has 0 rings (SSSR count). The van der Waals surface area contributed by atoms with Crippen LogP contribution in [-0.2, 0) is 0 Å². The van der Waals surface area contributed by atoms with Crippen LogP contribution in [0.1, 0.15) is 20.3 Å². The predicted molar refractivity (Wildman–Crippen MR) is 32.2 cm³/mol. The smallest absolute Gasteiger partial charge is 0.287 e. The van der Waals surface area contributed by atoms with Crippen molar-refractivity contribution in [3.8, 4) is 0 Å². The van der Waals surface area contributed by atoms with E-state index in [2.05, 4.69) is 0 Å². The minimum absolute atomic E-state index is 0.0532. The van der Waals surface area contributed by atoms with Gasteiger partial charge in [-0.3, -0.25) is 8.63 Å². The molecule has 0 heterocycles. The fraction of sp³-hybridized carbons (Fsp3) is 1.00. The van der Waals surface area contributed by atoms with Crippen LogP contribution in [0.25, 0.3) is 0 Å². The van der Waals surface area contributed by atoms with Crippen molar-refractivity contribution < 1.29 is 8.63 Å². The molecule has 0 fully saturated rings. The lowest BCUT2D eigenvalue weighted by Gasteiger charge is -1.98. The summed E-state index contributed by atoms with van der Waals surface area (Å²) in [5.74, 6) is 0.406. The fourth-order valence-electron chi connectivity index (χ4n) is 0.459. The van der Waals surface area contributed by atoms with Crippen LogP contribution in [0.5, 0.6) is 0 Å².